The fourth-order valence-electron chi connectivity index (χ4n) is 3.41. The van der Waals surface area contributed by atoms with Crippen molar-refractivity contribution in [1.29, 1.82) is 0 Å². The van der Waals surface area contributed by atoms with Crippen LogP contribution >= 0.6 is 7.82 Å². The lowest BCUT2D eigenvalue weighted by Gasteiger charge is -2.18. The Morgan fingerprint density at radius 2 is 1.53 bits per heavy atom. The number of aliphatic hydroxyl groups is 1. The van der Waals surface area contributed by atoms with Crippen LogP contribution in [0.3, 0.4) is 0 Å². The molecule has 0 aromatic carbocycles. The largest absolute Gasteiger partial charge is 0.481 e. The average molecular weight is 480 g/mol. The summed E-state index contributed by atoms with van der Waals surface area (Å²) < 4.78 is 20.8. The Balaban J connectivity index is 3.83. The number of allylic oxidation sites excluding steroid dienone is 2. The summed E-state index contributed by atoms with van der Waals surface area (Å²) in [5, 5.41) is 19.3. The molecule has 32 heavy (non-hydrogen) atoms. The van der Waals surface area contributed by atoms with Crippen molar-refractivity contribution in [3.63, 3.8) is 0 Å². The standard InChI is InChI=1S/C23H46NO7P/c1-2-3-4-5-6-7-8-9-10-11-12-13-14-15-16-21(23(26)27)19-22(25)20-31-32(28,29)30-18-17-24/h9-10,21-22,25H,2-8,11-20,24H2,1H3,(H,26,27)(H,28,29)/b10-9-. The molecule has 0 bridgehead atoms. The average Bonchev–Trinajstić information content (AvgIpc) is 2.75. The maximum Gasteiger partial charge on any atom is 0.472 e. The molecule has 9 heteroatoms. The van der Waals surface area contributed by atoms with Crippen molar-refractivity contribution in [2.24, 2.45) is 11.7 Å². The van der Waals surface area contributed by atoms with Gasteiger partial charge in [-0.2, -0.15) is 0 Å². The number of rotatable bonds is 23. The van der Waals surface area contributed by atoms with Gasteiger partial charge >= 0.3 is 13.8 Å². The number of unbranched alkanes of at least 4 members (excludes halogenated alkanes) is 10. The van der Waals surface area contributed by atoms with E-state index >= 15 is 0 Å². The molecule has 0 aliphatic rings. The van der Waals surface area contributed by atoms with Crippen LogP contribution in [0.5, 0.6) is 0 Å². The number of hydrogen-bond acceptors (Lipinski definition) is 6. The molecular weight excluding hydrogens is 433 g/mol. The predicted molar refractivity (Wildman–Crippen MR) is 127 cm³/mol. The SMILES string of the molecule is CCCCCCCC/C=C\CCCCCCC(CC(O)COP(=O)(O)OCCN)C(=O)O. The topological polar surface area (TPSA) is 139 Å². The first-order valence-electron chi connectivity index (χ1n) is 12.2. The number of carbonyl (C=O) groups is 1. The number of nitrogens with two attached hydrogens (primary N) is 1. The molecule has 0 spiro atoms. The van der Waals surface area contributed by atoms with Crippen LogP contribution in [0, 0.1) is 5.92 Å². The fraction of sp³-hybridized carbons (Fsp3) is 0.870. The second-order valence-electron chi connectivity index (χ2n) is 8.33. The van der Waals surface area contributed by atoms with Crippen molar-refractivity contribution in [2.45, 2.75) is 103 Å². The Labute approximate surface area is 194 Å². The van der Waals surface area contributed by atoms with Gasteiger partial charge in [-0.1, -0.05) is 70.4 Å². The van der Waals surface area contributed by atoms with E-state index in [1.807, 2.05) is 0 Å². The third-order valence-electron chi connectivity index (χ3n) is 5.27. The van der Waals surface area contributed by atoms with Crippen molar-refractivity contribution in [1.82, 2.24) is 0 Å². The first kappa shape index (κ1) is 31.2. The zero-order chi connectivity index (χ0) is 24.1. The molecular formula is C23H46NO7P. The number of aliphatic hydroxyl groups excluding tert-OH is 1. The molecule has 0 amide bonds. The van der Waals surface area contributed by atoms with Crippen LogP contribution in [0.1, 0.15) is 96.8 Å². The highest BCUT2D eigenvalue weighted by molar-refractivity contribution is 7.47. The van der Waals surface area contributed by atoms with Crippen molar-refractivity contribution < 1.29 is 33.5 Å². The molecule has 3 atom stereocenters. The van der Waals surface area contributed by atoms with Crippen molar-refractivity contribution in [3.05, 3.63) is 12.2 Å². The molecule has 0 aliphatic heterocycles. The monoisotopic (exact) mass is 479 g/mol. The van der Waals surface area contributed by atoms with E-state index in [-0.39, 0.29) is 19.6 Å². The van der Waals surface area contributed by atoms with Gasteiger partial charge in [-0.05, 0) is 38.5 Å². The van der Waals surface area contributed by atoms with Crippen LogP contribution in [0.2, 0.25) is 0 Å². The number of phosphoric ester groups is 1. The van der Waals surface area contributed by atoms with Gasteiger partial charge in [-0.15, -0.1) is 0 Å². The Morgan fingerprint density at radius 1 is 0.969 bits per heavy atom. The van der Waals surface area contributed by atoms with Gasteiger partial charge in [0, 0.05) is 6.54 Å². The van der Waals surface area contributed by atoms with Gasteiger partial charge in [0.2, 0.25) is 0 Å². The minimum atomic E-state index is -4.28. The van der Waals surface area contributed by atoms with Crippen molar-refractivity contribution in [3.8, 4) is 0 Å². The van der Waals surface area contributed by atoms with Gasteiger partial charge in [-0.3, -0.25) is 13.8 Å². The summed E-state index contributed by atoms with van der Waals surface area (Å²) in [6, 6.07) is 0. The van der Waals surface area contributed by atoms with E-state index in [0.717, 1.165) is 38.5 Å². The molecule has 0 aromatic heterocycles. The van der Waals surface area contributed by atoms with Gasteiger partial charge in [0.05, 0.1) is 25.2 Å². The van der Waals surface area contributed by atoms with Gasteiger partial charge in [0.1, 0.15) is 0 Å². The highest BCUT2D eigenvalue weighted by Gasteiger charge is 2.25. The summed E-state index contributed by atoms with van der Waals surface area (Å²) in [5.74, 6) is -1.69. The molecule has 0 rings (SSSR count). The lowest BCUT2D eigenvalue weighted by atomic mass is 9.95. The van der Waals surface area contributed by atoms with Crippen LogP contribution in [0.25, 0.3) is 0 Å². The predicted octanol–water partition coefficient (Wildman–Crippen LogP) is 5.18. The van der Waals surface area contributed by atoms with E-state index in [1.165, 1.54) is 38.5 Å². The summed E-state index contributed by atoms with van der Waals surface area (Å²) in [5.41, 5.74) is 5.19. The normalized spacial score (nSPS) is 15.6. The highest BCUT2D eigenvalue weighted by Crippen LogP contribution is 2.43. The second-order valence-corrected chi connectivity index (χ2v) is 9.78. The molecule has 0 aliphatic carbocycles. The smallest absolute Gasteiger partial charge is 0.472 e. The van der Waals surface area contributed by atoms with E-state index in [2.05, 4.69) is 28.1 Å². The van der Waals surface area contributed by atoms with Crippen LogP contribution in [0.4, 0.5) is 0 Å². The summed E-state index contributed by atoms with van der Waals surface area (Å²) in [7, 11) is -4.28. The Bertz CT molecular complexity index is 530. The molecule has 0 saturated carbocycles. The number of phosphoric acid groups is 1. The fourth-order valence-corrected chi connectivity index (χ4v) is 4.18. The number of carboxylic acid groups (broad SMARTS) is 1. The Kier molecular flexibility index (Phi) is 20.3. The minimum Gasteiger partial charge on any atom is -0.481 e. The molecule has 190 valence electrons. The zero-order valence-corrected chi connectivity index (χ0v) is 20.7. The molecule has 0 aromatic rings. The molecule has 5 N–H and O–H groups in total. The van der Waals surface area contributed by atoms with Crippen LogP contribution in [0.15, 0.2) is 12.2 Å². The van der Waals surface area contributed by atoms with Gasteiger partial charge < -0.3 is 20.8 Å². The van der Waals surface area contributed by atoms with Crippen LogP contribution < -0.4 is 5.73 Å². The highest BCUT2D eigenvalue weighted by atomic mass is 31.2. The molecule has 3 unspecified atom stereocenters. The summed E-state index contributed by atoms with van der Waals surface area (Å²) in [6.07, 6.45) is 17.8. The minimum absolute atomic E-state index is 0.0343. The Morgan fingerprint density at radius 3 is 2.09 bits per heavy atom. The van der Waals surface area contributed by atoms with Gasteiger partial charge in [0.15, 0.2) is 0 Å². The number of hydrogen-bond donors (Lipinski definition) is 4. The van der Waals surface area contributed by atoms with Crippen LogP contribution in [-0.4, -0.2) is 46.9 Å². The maximum atomic E-state index is 11.5. The van der Waals surface area contributed by atoms with E-state index in [4.69, 9.17) is 5.73 Å². The van der Waals surface area contributed by atoms with Crippen LogP contribution in [-0.2, 0) is 18.4 Å². The molecule has 0 heterocycles. The number of aliphatic carboxylic acids is 1. The molecule has 0 radical (unpaired) electrons. The first-order valence-corrected chi connectivity index (χ1v) is 13.7. The van der Waals surface area contributed by atoms with E-state index in [1.54, 1.807) is 0 Å². The van der Waals surface area contributed by atoms with Crippen molar-refractivity contribution in [2.75, 3.05) is 19.8 Å². The third kappa shape index (κ3) is 19.9. The lowest BCUT2D eigenvalue weighted by molar-refractivity contribution is -0.143. The van der Waals surface area contributed by atoms with E-state index < -0.39 is 32.4 Å². The van der Waals surface area contributed by atoms with E-state index in [0.29, 0.717) is 6.42 Å². The zero-order valence-electron chi connectivity index (χ0n) is 19.8. The summed E-state index contributed by atoms with van der Waals surface area (Å²) in [6.45, 7) is 1.69. The van der Waals surface area contributed by atoms with E-state index in [9.17, 15) is 24.5 Å². The maximum absolute atomic E-state index is 11.5. The van der Waals surface area contributed by atoms with Crippen molar-refractivity contribution >= 4 is 13.8 Å². The summed E-state index contributed by atoms with van der Waals surface area (Å²) >= 11 is 0. The number of carboxylic acids is 1. The summed E-state index contributed by atoms with van der Waals surface area (Å²) in [4.78, 5) is 20.8. The molecule has 8 nitrogen and oxygen atoms in total. The molecule has 0 fully saturated rings. The quantitative estimate of drug-likeness (QED) is 0.0893. The first-order chi connectivity index (χ1) is 15.3. The van der Waals surface area contributed by atoms with Gasteiger partial charge in [0.25, 0.3) is 0 Å². The Hall–Kier alpha value is -0.760. The third-order valence-corrected chi connectivity index (χ3v) is 6.26. The molecule has 0 saturated heterocycles. The van der Waals surface area contributed by atoms with Gasteiger partial charge in [-0.25, -0.2) is 4.57 Å². The lowest BCUT2D eigenvalue weighted by Crippen LogP contribution is -2.24. The second kappa shape index (κ2) is 20.8.